The fourth-order valence-corrected chi connectivity index (χ4v) is 2.33. The van der Waals surface area contributed by atoms with E-state index in [1.54, 1.807) is 6.92 Å². The highest BCUT2D eigenvalue weighted by Gasteiger charge is 2.19. The van der Waals surface area contributed by atoms with Crippen LogP contribution in [0, 0.1) is 0 Å². The van der Waals surface area contributed by atoms with Gasteiger partial charge in [-0.2, -0.15) is 0 Å². The molecule has 18 heavy (non-hydrogen) atoms. The number of carbonyl (C=O) groups is 1. The fourth-order valence-electron chi connectivity index (χ4n) is 1.21. The average molecular weight is 274 g/mol. The minimum Gasteiger partial charge on any atom is -0.492 e. The Morgan fingerprint density at radius 2 is 2.28 bits per heavy atom. The number of nitrogens with zero attached hydrogens (tertiary/aromatic N) is 1. The third kappa shape index (κ3) is 3.97. The van der Waals surface area contributed by atoms with Gasteiger partial charge in [-0.05, 0) is 13.0 Å². The zero-order valence-corrected chi connectivity index (χ0v) is 10.6. The second kappa shape index (κ2) is 6.31. The predicted molar refractivity (Wildman–Crippen MR) is 62.8 cm³/mol. The van der Waals surface area contributed by atoms with Crippen LogP contribution in [0.3, 0.4) is 0 Å². The van der Waals surface area contributed by atoms with E-state index in [2.05, 4.69) is 9.71 Å². The van der Waals surface area contributed by atoms with Crippen LogP contribution in [-0.2, 0) is 14.8 Å². The number of pyridine rings is 1. The zero-order valence-electron chi connectivity index (χ0n) is 9.79. The van der Waals surface area contributed by atoms with E-state index >= 15 is 0 Å². The first-order valence-electron chi connectivity index (χ1n) is 5.25. The number of ether oxygens (including phenoxy) is 1. The second-order valence-corrected chi connectivity index (χ2v) is 5.03. The summed E-state index contributed by atoms with van der Waals surface area (Å²) in [5, 5.41) is 8.45. The summed E-state index contributed by atoms with van der Waals surface area (Å²) < 4.78 is 31.1. The van der Waals surface area contributed by atoms with Crippen LogP contribution in [0.5, 0.6) is 5.75 Å². The van der Waals surface area contributed by atoms with E-state index in [1.165, 1.54) is 12.3 Å². The number of nitrogens with one attached hydrogen (secondary N) is 1. The van der Waals surface area contributed by atoms with Gasteiger partial charge >= 0.3 is 5.97 Å². The van der Waals surface area contributed by atoms with Crippen LogP contribution in [0.25, 0.3) is 0 Å². The van der Waals surface area contributed by atoms with E-state index in [-0.39, 0.29) is 23.6 Å². The van der Waals surface area contributed by atoms with E-state index in [1.807, 2.05) is 0 Å². The maximum Gasteiger partial charge on any atom is 0.304 e. The number of aliphatic carboxylic acids is 1. The van der Waals surface area contributed by atoms with Crippen molar-refractivity contribution in [2.45, 2.75) is 18.2 Å². The molecule has 2 N–H and O–H groups in total. The van der Waals surface area contributed by atoms with Gasteiger partial charge in [0.2, 0.25) is 10.0 Å². The molecule has 1 heterocycles. The molecule has 0 radical (unpaired) electrons. The molecule has 0 fully saturated rings. The number of sulfonamides is 1. The highest BCUT2D eigenvalue weighted by molar-refractivity contribution is 7.89. The van der Waals surface area contributed by atoms with E-state index in [9.17, 15) is 13.2 Å². The first-order valence-corrected chi connectivity index (χ1v) is 6.74. The molecule has 0 unspecified atom stereocenters. The summed E-state index contributed by atoms with van der Waals surface area (Å²) in [5.74, 6) is -0.885. The van der Waals surface area contributed by atoms with Crippen LogP contribution in [0.4, 0.5) is 0 Å². The quantitative estimate of drug-likeness (QED) is 0.737. The Morgan fingerprint density at radius 1 is 1.56 bits per heavy atom. The smallest absolute Gasteiger partial charge is 0.304 e. The van der Waals surface area contributed by atoms with Gasteiger partial charge in [0.15, 0.2) is 0 Å². The van der Waals surface area contributed by atoms with Gasteiger partial charge in [0.05, 0.1) is 19.2 Å². The molecule has 0 atom stereocenters. The molecule has 0 aliphatic rings. The van der Waals surface area contributed by atoms with Gasteiger partial charge in [-0.3, -0.25) is 9.78 Å². The third-order valence-electron chi connectivity index (χ3n) is 1.97. The molecular formula is C10H14N2O5S. The number of carboxylic acid groups (broad SMARTS) is 1. The Bertz CT molecular complexity index is 515. The Kier molecular flexibility index (Phi) is 5.05. The van der Waals surface area contributed by atoms with Crippen molar-refractivity contribution in [1.82, 2.24) is 9.71 Å². The molecule has 1 rings (SSSR count). The lowest BCUT2D eigenvalue weighted by Crippen LogP contribution is -2.26. The zero-order chi connectivity index (χ0) is 13.6. The second-order valence-electron chi connectivity index (χ2n) is 3.30. The lowest BCUT2D eigenvalue weighted by atomic mass is 10.4. The van der Waals surface area contributed by atoms with Gasteiger partial charge in [-0.15, -0.1) is 0 Å². The van der Waals surface area contributed by atoms with E-state index in [0.717, 1.165) is 6.20 Å². The number of rotatable bonds is 7. The molecule has 0 spiro atoms. The van der Waals surface area contributed by atoms with Crippen molar-refractivity contribution in [1.29, 1.82) is 0 Å². The molecule has 8 heteroatoms. The SMILES string of the molecule is CCOc1ccncc1S(=O)(=O)NCCC(=O)O. The summed E-state index contributed by atoms with van der Waals surface area (Å²) in [6, 6.07) is 1.44. The molecule has 7 nitrogen and oxygen atoms in total. The van der Waals surface area contributed by atoms with Crippen LogP contribution < -0.4 is 9.46 Å². The predicted octanol–water partition coefficient (Wildman–Crippen LogP) is 0.233. The van der Waals surface area contributed by atoms with Gasteiger partial charge in [0.25, 0.3) is 0 Å². The average Bonchev–Trinajstić information content (AvgIpc) is 2.29. The summed E-state index contributed by atoms with van der Waals surface area (Å²) in [7, 11) is -3.81. The molecule has 0 bridgehead atoms. The van der Waals surface area contributed by atoms with E-state index in [4.69, 9.17) is 9.84 Å². The number of hydrogen-bond donors (Lipinski definition) is 2. The lowest BCUT2D eigenvalue weighted by Gasteiger charge is -2.10. The van der Waals surface area contributed by atoms with E-state index in [0.29, 0.717) is 6.61 Å². The van der Waals surface area contributed by atoms with Crippen LogP contribution in [-0.4, -0.2) is 37.6 Å². The van der Waals surface area contributed by atoms with Crippen molar-refractivity contribution in [3.63, 3.8) is 0 Å². The van der Waals surface area contributed by atoms with Crippen molar-refractivity contribution in [3.8, 4) is 5.75 Å². The molecule has 0 amide bonds. The van der Waals surface area contributed by atoms with Crippen molar-refractivity contribution < 1.29 is 23.1 Å². The molecular weight excluding hydrogens is 260 g/mol. The van der Waals surface area contributed by atoms with Crippen LogP contribution >= 0.6 is 0 Å². The Balaban J connectivity index is 2.87. The number of hydrogen-bond acceptors (Lipinski definition) is 5. The number of carboxylic acids is 1. The summed E-state index contributed by atoms with van der Waals surface area (Å²) in [4.78, 5) is 13.9. The maximum absolute atomic E-state index is 11.9. The highest BCUT2D eigenvalue weighted by atomic mass is 32.2. The molecule has 0 saturated carbocycles. The van der Waals surface area contributed by atoms with Crippen molar-refractivity contribution in [2.24, 2.45) is 0 Å². The fraction of sp³-hybridized carbons (Fsp3) is 0.400. The Labute approximate surface area is 105 Å². The normalized spacial score (nSPS) is 11.2. The lowest BCUT2D eigenvalue weighted by molar-refractivity contribution is -0.136. The summed E-state index contributed by atoms with van der Waals surface area (Å²) in [6.07, 6.45) is 2.29. The molecule has 0 aromatic carbocycles. The van der Waals surface area contributed by atoms with Crippen molar-refractivity contribution in [3.05, 3.63) is 18.5 Å². The largest absolute Gasteiger partial charge is 0.492 e. The minimum atomic E-state index is -3.81. The van der Waals surface area contributed by atoms with Gasteiger partial charge in [0.1, 0.15) is 10.6 Å². The maximum atomic E-state index is 11.9. The van der Waals surface area contributed by atoms with Crippen molar-refractivity contribution >= 4 is 16.0 Å². The monoisotopic (exact) mass is 274 g/mol. The van der Waals surface area contributed by atoms with Gasteiger partial charge < -0.3 is 9.84 Å². The molecule has 0 aliphatic heterocycles. The van der Waals surface area contributed by atoms with E-state index < -0.39 is 16.0 Å². The molecule has 0 aliphatic carbocycles. The first-order chi connectivity index (χ1) is 8.47. The highest BCUT2D eigenvalue weighted by Crippen LogP contribution is 2.21. The van der Waals surface area contributed by atoms with Gasteiger partial charge in [-0.25, -0.2) is 13.1 Å². The minimum absolute atomic E-state index is 0.0998. The molecule has 1 aromatic heterocycles. The first kappa shape index (κ1) is 14.4. The van der Waals surface area contributed by atoms with Gasteiger partial charge in [0, 0.05) is 12.7 Å². The topological polar surface area (TPSA) is 106 Å². The van der Waals surface area contributed by atoms with Crippen molar-refractivity contribution in [2.75, 3.05) is 13.2 Å². The van der Waals surface area contributed by atoms with Crippen LogP contribution in [0.1, 0.15) is 13.3 Å². The summed E-state index contributed by atoms with van der Waals surface area (Å²) >= 11 is 0. The molecule has 100 valence electrons. The van der Waals surface area contributed by atoms with Crippen LogP contribution in [0.15, 0.2) is 23.4 Å². The summed E-state index contributed by atoms with van der Waals surface area (Å²) in [6.45, 7) is 1.87. The summed E-state index contributed by atoms with van der Waals surface area (Å²) in [5.41, 5.74) is 0. The number of aromatic nitrogens is 1. The molecule has 0 saturated heterocycles. The Hall–Kier alpha value is -1.67. The third-order valence-corrected chi connectivity index (χ3v) is 3.44. The Morgan fingerprint density at radius 3 is 2.89 bits per heavy atom. The molecule has 1 aromatic rings. The van der Waals surface area contributed by atoms with Gasteiger partial charge in [-0.1, -0.05) is 0 Å². The van der Waals surface area contributed by atoms with Crippen LogP contribution in [0.2, 0.25) is 0 Å². The standard InChI is InChI=1S/C10H14N2O5S/c1-2-17-8-3-5-11-7-9(8)18(15,16)12-6-4-10(13)14/h3,5,7,12H,2,4,6H2,1H3,(H,13,14).